The van der Waals surface area contributed by atoms with Gasteiger partial charge in [0, 0.05) is 19.6 Å². The van der Waals surface area contributed by atoms with Crippen LogP contribution in [0.25, 0.3) is 0 Å². The summed E-state index contributed by atoms with van der Waals surface area (Å²) in [5.41, 5.74) is -0.0673. The minimum absolute atomic E-state index is 0.0402. The van der Waals surface area contributed by atoms with Gasteiger partial charge >= 0.3 is 5.97 Å². The molecule has 0 aromatic heterocycles. The molecule has 5 nitrogen and oxygen atoms in total. The maximum atomic E-state index is 11.7. The molecule has 1 fully saturated rings. The third-order valence-corrected chi connectivity index (χ3v) is 3.34. The number of aliphatic carboxylic acids is 1. The van der Waals surface area contributed by atoms with Crippen molar-refractivity contribution < 1.29 is 19.4 Å². The summed E-state index contributed by atoms with van der Waals surface area (Å²) in [5.74, 6) is -0.812. The van der Waals surface area contributed by atoms with Gasteiger partial charge in [-0.1, -0.05) is 13.8 Å². The van der Waals surface area contributed by atoms with Crippen LogP contribution in [0, 0.1) is 5.41 Å². The average molecular weight is 257 g/mol. The molecular formula is C13H23NO4. The summed E-state index contributed by atoms with van der Waals surface area (Å²) in [7, 11) is 0. The molecule has 0 saturated carbocycles. The SMILES string of the molecule is CC(C)(CCNC(=O)C1CCCO1)CCC(=O)O. The predicted molar refractivity (Wildman–Crippen MR) is 67.3 cm³/mol. The fourth-order valence-corrected chi connectivity index (χ4v) is 1.99. The number of carbonyl (C=O) groups excluding carboxylic acids is 1. The summed E-state index contributed by atoms with van der Waals surface area (Å²) in [5, 5.41) is 11.5. The quantitative estimate of drug-likeness (QED) is 0.725. The van der Waals surface area contributed by atoms with Crippen LogP contribution in [-0.4, -0.2) is 36.2 Å². The Bertz CT molecular complexity index is 295. The summed E-state index contributed by atoms with van der Waals surface area (Å²) in [6, 6.07) is 0. The van der Waals surface area contributed by atoms with E-state index in [4.69, 9.17) is 9.84 Å². The Kier molecular flexibility index (Phi) is 5.59. The van der Waals surface area contributed by atoms with E-state index in [1.807, 2.05) is 13.8 Å². The molecule has 1 atom stereocenters. The largest absolute Gasteiger partial charge is 0.481 e. The first-order valence-corrected chi connectivity index (χ1v) is 6.52. The lowest BCUT2D eigenvalue weighted by Gasteiger charge is -2.24. The van der Waals surface area contributed by atoms with E-state index < -0.39 is 5.97 Å². The Morgan fingerprint density at radius 3 is 2.67 bits per heavy atom. The molecular weight excluding hydrogens is 234 g/mol. The minimum atomic E-state index is -0.772. The van der Waals surface area contributed by atoms with Crippen LogP contribution in [0.5, 0.6) is 0 Å². The standard InChI is InChI=1S/C13H23NO4/c1-13(2,6-5-11(15)16)7-8-14-12(17)10-4-3-9-18-10/h10H,3-9H2,1-2H3,(H,14,17)(H,15,16). The number of carboxylic acids is 1. The van der Waals surface area contributed by atoms with Gasteiger partial charge in [0.2, 0.25) is 5.91 Å². The Hall–Kier alpha value is -1.10. The first kappa shape index (κ1) is 15.0. The monoisotopic (exact) mass is 257 g/mol. The van der Waals surface area contributed by atoms with Gasteiger partial charge in [-0.25, -0.2) is 0 Å². The van der Waals surface area contributed by atoms with Crippen LogP contribution >= 0.6 is 0 Å². The smallest absolute Gasteiger partial charge is 0.303 e. The summed E-state index contributed by atoms with van der Waals surface area (Å²) in [6.07, 6.45) is 3.03. The van der Waals surface area contributed by atoms with E-state index >= 15 is 0 Å². The summed E-state index contributed by atoms with van der Waals surface area (Å²) < 4.78 is 5.29. The normalized spacial score (nSPS) is 19.8. The van der Waals surface area contributed by atoms with Gasteiger partial charge < -0.3 is 15.2 Å². The van der Waals surface area contributed by atoms with E-state index in [1.165, 1.54) is 0 Å². The van der Waals surface area contributed by atoms with Crippen molar-refractivity contribution in [2.75, 3.05) is 13.2 Å². The van der Waals surface area contributed by atoms with Gasteiger partial charge in [0.1, 0.15) is 6.10 Å². The van der Waals surface area contributed by atoms with Crippen molar-refractivity contribution in [2.45, 2.75) is 52.1 Å². The Balaban J connectivity index is 2.19. The van der Waals surface area contributed by atoms with Crippen molar-refractivity contribution in [3.63, 3.8) is 0 Å². The lowest BCUT2D eigenvalue weighted by Crippen LogP contribution is -2.36. The highest BCUT2D eigenvalue weighted by molar-refractivity contribution is 5.80. The van der Waals surface area contributed by atoms with Gasteiger partial charge in [0.15, 0.2) is 0 Å². The predicted octanol–water partition coefficient (Wildman–Crippen LogP) is 1.56. The topological polar surface area (TPSA) is 75.6 Å². The second kappa shape index (κ2) is 6.73. The highest BCUT2D eigenvalue weighted by Gasteiger charge is 2.24. The van der Waals surface area contributed by atoms with E-state index in [1.54, 1.807) is 0 Å². The van der Waals surface area contributed by atoms with E-state index in [9.17, 15) is 9.59 Å². The van der Waals surface area contributed by atoms with Crippen molar-refractivity contribution in [1.82, 2.24) is 5.32 Å². The highest BCUT2D eigenvalue weighted by atomic mass is 16.5. The molecule has 1 unspecified atom stereocenters. The molecule has 1 aliphatic heterocycles. The number of nitrogens with one attached hydrogen (secondary N) is 1. The van der Waals surface area contributed by atoms with E-state index in [2.05, 4.69) is 5.32 Å². The van der Waals surface area contributed by atoms with Crippen LogP contribution in [-0.2, 0) is 14.3 Å². The zero-order valence-corrected chi connectivity index (χ0v) is 11.2. The van der Waals surface area contributed by atoms with Crippen molar-refractivity contribution in [3.05, 3.63) is 0 Å². The summed E-state index contributed by atoms with van der Waals surface area (Å²) >= 11 is 0. The molecule has 1 heterocycles. The number of hydrogen-bond donors (Lipinski definition) is 2. The van der Waals surface area contributed by atoms with Crippen LogP contribution in [0.15, 0.2) is 0 Å². The van der Waals surface area contributed by atoms with Crippen LogP contribution in [0.3, 0.4) is 0 Å². The number of carboxylic acid groups (broad SMARTS) is 1. The number of hydrogen-bond acceptors (Lipinski definition) is 3. The van der Waals surface area contributed by atoms with Crippen molar-refractivity contribution in [2.24, 2.45) is 5.41 Å². The third kappa shape index (κ3) is 5.49. The molecule has 5 heteroatoms. The summed E-state index contributed by atoms with van der Waals surface area (Å²) in [4.78, 5) is 22.2. The molecule has 0 radical (unpaired) electrons. The van der Waals surface area contributed by atoms with Gasteiger partial charge in [0.25, 0.3) is 0 Å². The van der Waals surface area contributed by atoms with Gasteiger partial charge in [0.05, 0.1) is 0 Å². The van der Waals surface area contributed by atoms with Gasteiger partial charge in [-0.2, -0.15) is 0 Å². The molecule has 1 amide bonds. The van der Waals surface area contributed by atoms with Crippen molar-refractivity contribution in [3.8, 4) is 0 Å². The first-order valence-electron chi connectivity index (χ1n) is 6.52. The fraction of sp³-hybridized carbons (Fsp3) is 0.846. The van der Waals surface area contributed by atoms with Crippen molar-refractivity contribution >= 4 is 11.9 Å². The zero-order valence-electron chi connectivity index (χ0n) is 11.2. The molecule has 0 aromatic carbocycles. The van der Waals surface area contributed by atoms with Gasteiger partial charge in [-0.15, -0.1) is 0 Å². The first-order chi connectivity index (χ1) is 8.41. The Labute approximate surface area is 108 Å². The molecule has 0 spiro atoms. The average Bonchev–Trinajstić information content (AvgIpc) is 2.79. The van der Waals surface area contributed by atoms with Crippen molar-refractivity contribution in [1.29, 1.82) is 0 Å². The van der Waals surface area contributed by atoms with Gasteiger partial charge in [-0.05, 0) is 31.1 Å². The van der Waals surface area contributed by atoms with Gasteiger partial charge in [-0.3, -0.25) is 9.59 Å². The molecule has 0 aliphatic carbocycles. The fourth-order valence-electron chi connectivity index (χ4n) is 1.99. The zero-order chi connectivity index (χ0) is 13.6. The minimum Gasteiger partial charge on any atom is -0.481 e. The van der Waals surface area contributed by atoms with Crippen LogP contribution in [0.2, 0.25) is 0 Å². The maximum absolute atomic E-state index is 11.7. The molecule has 0 bridgehead atoms. The third-order valence-electron chi connectivity index (χ3n) is 3.34. The Morgan fingerprint density at radius 1 is 1.39 bits per heavy atom. The summed E-state index contributed by atoms with van der Waals surface area (Å²) in [6.45, 7) is 5.29. The molecule has 18 heavy (non-hydrogen) atoms. The second-order valence-electron chi connectivity index (χ2n) is 5.60. The molecule has 104 valence electrons. The maximum Gasteiger partial charge on any atom is 0.303 e. The lowest BCUT2D eigenvalue weighted by molar-refractivity contribution is -0.137. The lowest BCUT2D eigenvalue weighted by atomic mass is 9.84. The number of amides is 1. The van der Waals surface area contributed by atoms with Crippen LogP contribution in [0.1, 0.15) is 46.0 Å². The highest BCUT2D eigenvalue weighted by Crippen LogP contribution is 2.26. The van der Waals surface area contributed by atoms with E-state index in [0.717, 1.165) is 19.3 Å². The van der Waals surface area contributed by atoms with E-state index in [0.29, 0.717) is 19.6 Å². The Morgan fingerprint density at radius 2 is 2.11 bits per heavy atom. The molecule has 1 rings (SSSR count). The van der Waals surface area contributed by atoms with Crippen LogP contribution in [0.4, 0.5) is 0 Å². The molecule has 2 N–H and O–H groups in total. The van der Waals surface area contributed by atoms with Crippen LogP contribution < -0.4 is 5.32 Å². The number of rotatable bonds is 7. The molecule has 1 aliphatic rings. The number of carbonyl (C=O) groups is 2. The number of ether oxygens (including phenoxy) is 1. The second-order valence-corrected chi connectivity index (χ2v) is 5.60. The molecule has 0 aromatic rings. The van der Waals surface area contributed by atoms with E-state index in [-0.39, 0.29) is 23.8 Å². The molecule has 1 saturated heterocycles.